The van der Waals surface area contributed by atoms with E-state index in [1.807, 2.05) is 0 Å². The Balaban J connectivity index is 0.000000374. The van der Waals surface area contributed by atoms with Crippen LogP contribution in [-0.4, -0.2) is 54.7 Å². The quantitative estimate of drug-likeness (QED) is 0.00899. The third-order valence-electron chi connectivity index (χ3n) is 6.35. The standard InChI is InChI=1S/C14H10ClN3O8S2.C14H12N2O8S2.B/c15-17-16-11-5-3-9(13(7-11)27-26-25-21)1-2-10-4-6-12(18(19)20)8-14(10)28(22,23)24;15-11-5-3-9(13(7-11)25-24-23-19)1-2-10-4-6-12(16(17)18)8-14(10)26(20,21)22;/h1-8,21H,(H,22,23,24);1-8,19H,15H2,(H,20,21,22);/b2-1+,17-16?;2-1+;. The van der Waals surface area contributed by atoms with Crippen molar-refractivity contribution in [2.75, 3.05) is 5.73 Å². The van der Waals surface area contributed by atoms with Crippen molar-refractivity contribution in [2.24, 2.45) is 9.75 Å². The number of non-ortho nitro benzene ring substituents is 2. The van der Waals surface area contributed by atoms with Crippen LogP contribution in [0.25, 0.3) is 24.3 Å². The van der Waals surface area contributed by atoms with Gasteiger partial charge in [-0.2, -0.15) is 16.8 Å². The number of halogens is 1. The first-order valence-electron chi connectivity index (χ1n) is 13.7. The average molecular weight is 859 g/mol. The molecule has 0 bridgehead atoms. The van der Waals surface area contributed by atoms with Gasteiger partial charge in [-0.3, -0.25) is 29.3 Å². The lowest BCUT2D eigenvalue weighted by Gasteiger charge is -2.06. The predicted molar refractivity (Wildman–Crippen MR) is 198 cm³/mol. The normalized spacial score (nSPS) is 11.7. The van der Waals surface area contributed by atoms with E-state index >= 15 is 0 Å². The molecule has 289 valence electrons. The molecular formula is C28H22BClN5O16S4. The number of rotatable bonds is 15. The smallest absolute Gasteiger partial charge is 0.295 e. The molecule has 4 rings (SSSR count). The molecule has 0 saturated heterocycles. The Bertz CT molecular complexity index is 2330. The molecule has 55 heavy (non-hydrogen) atoms. The van der Waals surface area contributed by atoms with Gasteiger partial charge in [0.15, 0.2) is 0 Å². The SMILES string of the molecule is Nc1ccc(/C=C/c2ccc([N+](=O)[O-])cc2S(=O)(=O)O)c(SOOO)c1.O=[N+]([O-])c1ccc(/C=C/c2ccc(N=NCl)cc2SOOO)c(S(=O)(=O)O)c1.[B]. The van der Waals surface area contributed by atoms with Gasteiger partial charge < -0.3 is 5.73 Å². The molecule has 0 aliphatic carbocycles. The molecule has 4 aromatic carbocycles. The van der Waals surface area contributed by atoms with Crippen LogP contribution in [0.2, 0.25) is 0 Å². The van der Waals surface area contributed by atoms with Gasteiger partial charge >= 0.3 is 0 Å². The first kappa shape index (κ1) is 46.3. The van der Waals surface area contributed by atoms with Crippen LogP contribution in [0.3, 0.4) is 0 Å². The van der Waals surface area contributed by atoms with Crippen molar-refractivity contribution in [3.8, 4) is 0 Å². The van der Waals surface area contributed by atoms with Gasteiger partial charge in [0.1, 0.15) is 9.79 Å². The minimum Gasteiger partial charge on any atom is -0.399 e. The maximum absolute atomic E-state index is 11.6. The van der Waals surface area contributed by atoms with E-state index in [9.17, 15) is 46.2 Å². The van der Waals surface area contributed by atoms with Crippen molar-refractivity contribution in [3.63, 3.8) is 0 Å². The number of nitrogens with zero attached hydrogens (tertiary/aromatic N) is 4. The van der Waals surface area contributed by atoms with Crippen LogP contribution in [0.15, 0.2) is 102 Å². The molecule has 27 heteroatoms. The Hall–Kier alpha value is -4.81. The maximum Gasteiger partial charge on any atom is 0.295 e. The average Bonchev–Trinajstić information content (AvgIpc) is 3.11. The van der Waals surface area contributed by atoms with E-state index in [0.29, 0.717) is 56.4 Å². The van der Waals surface area contributed by atoms with Crippen LogP contribution in [0.5, 0.6) is 0 Å². The zero-order valence-electron chi connectivity index (χ0n) is 26.9. The molecule has 3 radical (unpaired) electrons. The molecule has 21 nitrogen and oxygen atoms in total. The zero-order chi connectivity index (χ0) is 40.1. The van der Waals surface area contributed by atoms with Crippen LogP contribution in [0, 0.1) is 20.2 Å². The first-order valence-corrected chi connectivity index (χ1v) is 18.4. The molecule has 0 fully saturated rings. The summed E-state index contributed by atoms with van der Waals surface area (Å²) in [6.07, 6.45) is 5.57. The second kappa shape index (κ2) is 21.3. The molecule has 0 aliphatic heterocycles. The van der Waals surface area contributed by atoms with E-state index in [1.165, 1.54) is 54.6 Å². The minimum absolute atomic E-state index is 0. The highest BCUT2D eigenvalue weighted by Crippen LogP contribution is 2.32. The van der Waals surface area contributed by atoms with Gasteiger partial charge in [-0.15, -0.1) is 13.8 Å². The highest BCUT2D eigenvalue weighted by molar-refractivity contribution is 7.94. The first-order chi connectivity index (χ1) is 25.5. The van der Waals surface area contributed by atoms with E-state index < -0.39 is 51.2 Å². The number of anilines is 1. The fraction of sp³-hybridized carbons (Fsp3) is 0. The highest BCUT2D eigenvalue weighted by atomic mass is 35.5. The number of nitro benzene ring substituents is 2. The van der Waals surface area contributed by atoms with Crippen LogP contribution < -0.4 is 5.73 Å². The monoisotopic (exact) mass is 858 g/mol. The minimum atomic E-state index is -4.71. The van der Waals surface area contributed by atoms with Gasteiger partial charge in [0.25, 0.3) is 31.6 Å². The van der Waals surface area contributed by atoms with Gasteiger partial charge in [0, 0.05) is 48.2 Å². The lowest BCUT2D eigenvalue weighted by atomic mass is 10.1. The number of nitrogen functional groups attached to an aromatic ring is 1. The third-order valence-corrected chi connectivity index (χ3v) is 9.57. The van der Waals surface area contributed by atoms with Crippen LogP contribution in [0.1, 0.15) is 22.3 Å². The highest BCUT2D eigenvalue weighted by Gasteiger charge is 2.20. The predicted octanol–water partition coefficient (Wildman–Crippen LogP) is 7.32. The van der Waals surface area contributed by atoms with Crippen molar-refractivity contribution in [1.29, 1.82) is 0 Å². The van der Waals surface area contributed by atoms with Crippen molar-refractivity contribution in [3.05, 3.63) is 115 Å². The van der Waals surface area contributed by atoms with Gasteiger partial charge in [0.2, 0.25) is 0 Å². The van der Waals surface area contributed by atoms with Crippen molar-refractivity contribution in [1.82, 2.24) is 0 Å². The Morgan fingerprint density at radius 3 is 1.47 bits per heavy atom. The maximum atomic E-state index is 11.6. The summed E-state index contributed by atoms with van der Waals surface area (Å²) in [5.41, 5.74) is 6.46. The van der Waals surface area contributed by atoms with E-state index in [-0.39, 0.29) is 19.5 Å². The number of nitrogens with two attached hydrogens (primary N) is 1. The Kier molecular flexibility index (Phi) is 18.0. The molecule has 0 amide bonds. The Morgan fingerprint density at radius 1 is 0.673 bits per heavy atom. The molecule has 4 aromatic rings. The largest absolute Gasteiger partial charge is 0.399 e. The number of nitro groups is 2. The summed E-state index contributed by atoms with van der Waals surface area (Å²) in [6, 6.07) is 15.3. The van der Waals surface area contributed by atoms with Crippen LogP contribution in [0.4, 0.5) is 22.7 Å². The van der Waals surface area contributed by atoms with Crippen LogP contribution in [-0.2, 0) is 39.0 Å². The van der Waals surface area contributed by atoms with E-state index in [0.717, 1.165) is 24.3 Å². The second-order valence-corrected chi connectivity index (χ2v) is 14.1. The molecule has 6 N–H and O–H groups in total. The zero-order valence-corrected chi connectivity index (χ0v) is 30.9. The molecule has 0 saturated carbocycles. The molecule has 0 spiro atoms. The summed E-state index contributed by atoms with van der Waals surface area (Å²) < 4.78 is 76.7. The van der Waals surface area contributed by atoms with Crippen LogP contribution >= 0.6 is 35.9 Å². The van der Waals surface area contributed by atoms with Gasteiger partial charge in [-0.25, -0.2) is 10.5 Å². The van der Waals surface area contributed by atoms with Gasteiger partial charge in [0.05, 0.1) is 51.4 Å². The van der Waals surface area contributed by atoms with Crippen molar-refractivity contribution >= 4 is 112 Å². The second-order valence-electron chi connectivity index (χ2n) is 9.72. The Labute approximate surface area is 325 Å². The summed E-state index contributed by atoms with van der Waals surface area (Å²) in [4.78, 5) is 19.7. The van der Waals surface area contributed by atoms with Gasteiger partial charge in [-0.05, 0) is 58.7 Å². The summed E-state index contributed by atoms with van der Waals surface area (Å²) in [5, 5.41) is 48.9. The molecule has 0 heterocycles. The fourth-order valence-electron chi connectivity index (χ4n) is 4.06. The number of hydrogen-bond acceptors (Lipinski definition) is 19. The topological polar surface area (TPSA) is 323 Å². The lowest BCUT2D eigenvalue weighted by Crippen LogP contribution is -2.02. The summed E-state index contributed by atoms with van der Waals surface area (Å²) in [7, 11) is -9.40. The number of benzene rings is 4. The van der Waals surface area contributed by atoms with E-state index in [1.54, 1.807) is 18.2 Å². The number of hydrogen-bond donors (Lipinski definition) is 5. The third kappa shape index (κ3) is 14.1. The fourth-order valence-corrected chi connectivity index (χ4v) is 6.58. The molecule has 0 unspecified atom stereocenters. The molecule has 0 aromatic heterocycles. The molecule has 0 aliphatic rings. The summed E-state index contributed by atoms with van der Waals surface area (Å²) in [5.74, 6) is 0. The van der Waals surface area contributed by atoms with Crippen molar-refractivity contribution in [2.45, 2.75) is 19.6 Å². The molecule has 0 atom stereocenters. The van der Waals surface area contributed by atoms with E-state index in [2.05, 4.69) is 28.5 Å². The summed E-state index contributed by atoms with van der Waals surface area (Å²) >= 11 is 6.45. The molecular weight excluding hydrogens is 837 g/mol. The van der Waals surface area contributed by atoms with E-state index in [4.69, 9.17) is 28.0 Å². The lowest BCUT2D eigenvalue weighted by molar-refractivity contribution is -0.432. The summed E-state index contributed by atoms with van der Waals surface area (Å²) in [6.45, 7) is 0. The van der Waals surface area contributed by atoms with Gasteiger partial charge in [-0.1, -0.05) is 51.1 Å². The Morgan fingerprint density at radius 2 is 1.07 bits per heavy atom. The van der Waals surface area contributed by atoms with Crippen molar-refractivity contribution < 1.29 is 65.0 Å².